The second kappa shape index (κ2) is 4.97. The van der Waals surface area contributed by atoms with Crippen LogP contribution < -0.4 is 5.32 Å². The second-order valence-electron chi connectivity index (χ2n) is 9.08. The number of rotatable bonds is 2. The number of halogens is 1. The standard InChI is InChI=1S/C20H25FN2O2/c1-19(15-2-4-16(21)5-3-15)11-23(18(24)22-19)17-13-6-12-7-14(17)10-20(25,8-12)9-13/h2-5,12-14,17,25H,6-11H2,1H3,(H,22,24). The smallest absolute Gasteiger partial charge is 0.318 e. The van der Waals surface area contributed by atoms with Gasteiger partial charge in [-0.2, -0.15) is 0 Å². The monoisotopic (exact) mass is 344 g/mol. The highest BCUT2D eigenvalue weighted by atomic mass is 19.1. The number of nitrogens with zero attached hydrogens (tertiary/aromatic N) is 1. The molecule has 0 spiro atoms. The van der Waals surface area contributed by atoms with Crippen molar-refractivity contribution < 1.29 is 14.3 Å². The molecule has 3 unspecified atom stereocenters. The molecule has 3 atom stereocenters. The van der Waals surface area contributed by atoms with Gasteiger partial charge in [0.1, 0.15) is 5.82 Å². The van der Waals surface area contributed by atoms with Crippen LogP contribution in [0.2, 0.25) is 0 Å². The average molecular weight is 344 g/mol. The Balaban J connectivity index is 1.42. The molecule has 1 aliphatic heterocycles. The molecule has 6 rings (SSSR count). The highest BCUT2D eigenvalue weighted by Crippen LogP contribution is 2.57. The van der Waals surface area contributed by atoms with E-state index in [9.17, 15) is 14.3 Å². The molecule has 5 heteroatoms. The Kier molecular flexibility index (Phi) is 3.10. The SMILES string of the molecule is CC1(c2ccc(F)cc2)CN(C2C3CC4CC2CC(O)(C4)C3)C(=O)N1. The Hall–Kier alpha value is -1.62. The Labute approximate surface area is 147 Å². The summed E-state index contributed by atoms with van der Waals surface area (Å²) in [5, 5.41) is 13.9. The van der Waals surface area contributed by atoms with Gasteiger partial charge in [-0.1, -0.05) is 12.1 Å². The van der Waals surface area contributed by atoms with Crippen LogP contribution in [0.1, 0.15) is 44.6 Å². The lowest BCUT2D eigenvalue weighted by molar-refractivity contribution is -0.152. The fraction of sp³-hybridized carbons (Fsp3) is 0.650. The van der Waals surface area contributed by atoms with E-state index in [2.05, 4.69) is 5.32 Å². The van der Waals surface area contributed by atoms with Gasteiger partial charge in [0.05, 0.1) is 11.1 Å². The molecule has 4 bridgehead atoms. The number of amides is 2. The molecule has 25 heavy (non-hydrogen) atoms. The number of aliphatic hydroxyl groups is 1. The summed E-state index contributed by atoms with van der Waals surface area (Å²) in [6.07, 6.45) is 4.90. The van der Waals surface area contributed by atoms with E-state index >= 15 is 0 Å². The zero-order valence-corrected chi connectivity index (χ0v) is 14.5. The van der Waals surface area contributed by atoms with Crippen molar-refractivity contribution in [3.63, 3.8) is 0 Å². The molecular weight excluding hydrogens is 319 g/mol. The maximum absolute atomic E-state index is 13.3. The number of hydrogen-bond donors (Lipinski definition) is 2. The van der Waals surface area contributed by atoms with Crippen LogP contribution in [0.25, 0.3) is 0 Å². The second-order valence-corrected chi connectivity index (χ2v) is 9.08. The molecule has 4 aliphatic carbocycles. The van der Waals surface area contributed by atoms with Crippen molar-refractivity contribution in [2.75, 3.05) is 6.54 Å². The van der Waals surface area contributed by atoms with Crippen LogP contribution in [0, 0.1) is 23.6 Å². The van der Waals surface area contributed by atoms with Crippen molar-refractivity contribution in [3.05, 3.63) is 35.6 Å². The summed E-state index contributed by atoms with van der Waals surface area (Å²) in [6.45, 7) is 2.62. The lowest BCUT2D eigenvalue weighted by Gasteiger charge is -2.59. The minimum Gasteiger partial charge on any atom is -0.390 e. The van der Waals surface area contributed by atoms with E-state index in [-0.39, 0.29) is 17.9 Å². The summed E-state index contributed by atoms with van der Waals surface area (Å²) >= 11 is 0. The van der Waals surface area contributed by atoms with E-state index in [1.165, 1.54) is 12.1 Å². The molecule has 0 aromatic heterocycles. The van der Waals surface area contributed by atoms with Crippen molar-refractivity contribution in [1.29, 1.82) is 0 Å². The van der Waals surface area contributed by atoms with Crippen LogP contribution in [0.4, 0.5) is 9.18 Å². The van der Waals surface area contributed by atoms with Gasteiger partial charge in [0.15, 0.2) is 0 Å². The summed E-state index contributed by atoms with van der Waals surface area (Å²) in [4.78, 5) is 14.8. The largest absolute Gasteiger partial charge is 0.390 e. The summed E-state index contributed by atoms with van der Waals surface area (Å²) in [5.41, 5.74) is -0.0352. The number of benzene rings is 1. The highest BCUT2D eigenvalue weighted by molar-refractivity contribution is 5.79. The molecule has 5 fully saturated rings. The molecule has 4 saturated carbocycles. The Bertz CT molecular complexity index is 705. The topological polar surface area (TPSA) is 52.6 Å². The van der Waals surface area contributed by atoms with E-state index in [0.29, 0.717) is 24.3 Å². The van der Waals surface area contributed by atoms with Gasteiger partial charge in [-0.05, 0) is 74.5 Å². The predicted molar refractivity (Wildman–Crippen MR) is 91.3 cm³/mol. The molecular formula is C20H25FN2O2. The lowest BCUT2D eigenvalue weighted by atomic mass is 9.52. The number of carbonyl (C=O) groups is 1. The van der Waals surface area contributed by atoms with Gasteiger partial charge in [-0.15, -0.1) is 0 Å². The third-order valence-corrected chi connectivity index (χ3v) is 7.16. The predicted octanol–water partition coefficient (Wildman–Crippen LogP) is 3.01. The highest BCUT2D eigenvalue weighted by Gasteiger charge is 2.58. The van der Waals surface area contributed by atoms with Crippen molar-refractivity contribution in [3.8, 4) is 0 Å². The molecule has 2 N–H and O–H groups in total. The maximum atomic E-state index is 13.3. The third kappa shape index (κ3) is 2.31. The maximum Gasteiger partial charge on any atom is 0.318 e. The van der Waals surface area contributed by atoms with Crippen molar-refractivity contribution in [2.24, 2.45) is 17.8 Å². The van der Waals surface area contributed by atoms with E-state index in [1.54, 1.807) is 12.1 Å². The molecule has 134 valence electrons. The number of nitrogens with one attached hydrogen (secondary N) is 1. The number of hydrogen-bond acceptors (Lipinski definition) is 2. The summed E-state index contributed by atoms with van der Waals surface area (Å²) < 4.78 is 13.3. The normalized spacial score (nSPS) is 45.1. The minimum atomic E-state index is -0.490. The molecule has 0 radical (unpaired) electrons. The van der Waals surface area contributed by atoms with Crippen LogP contribution in [-0.4, -0.2) is 34.2 Å². The first kappa shape index (κ1) is 15.6. The molecule has 4 nitrogen and oxygen atoms in total. The average Bonchev–Trinajstić information content (AvgIpc) is 2.82. The van der Waals surface area contributed by atoms with E-state index in [0.717, 1.165) is 37.7 Å². The summed E-state index contributed by atoms with van der Waals surface area (Å²) in [6, 6.07) is 6.65. The molecule has 1 heterocycles. The first-order chi connectivity index (χ1) is 11.9. The molecule has 2 amide bonds. The van der Waals surface area contributed by atoms with Gasteiger partial charge in [0.2, 0.25) is 0 Å². The van der Waals surface area contributed by atoms with Crippen LogP contribution in [0.15, 0.2) is 24.3 Å². The number of urea groups is 1. The van der Waals surface area contributed by atoms with Crippen molar-refractivity contribution in [1.82, 2.24) is 10.2 Å². The quantitative estimate of drug-likeness (QED) is 0.866. The molecule has 5 aliphatic rings. The van der Waals surface area contributed by atoms with Crippen molar-refractivity contribution in [2.45, 2.75) is 56.2 Å². The fourth-order valence-corrected chi connectivity index (χ4v) is 6.45. The van der Waals surface area contributed by atoms with Crippen LogP contribution >= 0.6 is 0 Å². The van der Waals surface area contributed by atoms with Gasteiger partial charge < -0.3 is 15.3 Å². The van der Waals surface area contributed by atoms with Crippen LogP contribution in [0.5, 0.6) is 0 Å². The zero-order valence-electron chi connectivity index (χ0n) is 14.5. The Morgan fingerprint density at radius 1 is 1.16 bits per heavy atom. The summed E-state index contributed by atoms with van der Waals surface area (Å²) in [5.74, 6) is 1.20. The van der Waals surface area contributed by atoms with Gasteiger partial charge in [-0.3, -0.25) is 0 Å². The first-order valence-electron chi connectivity index (χ1n) is 9.42. The molecule has 1 aromatic carbocycles. The first-order valence-corrected chi connectivity index (χ1v) is 9.42. The van der Waals surface area contributed by atoms with Gasteiger partial charge in [-0.25, -0.2) is 9.18 Å². The van der Waals surface area contributed by atoms with Crippen molar-refractivity contribution >= 4 is 6.03 Å². The van der Waals surface area contributed by atoms with E-state index in [4.69, 9.17) is 0 Å². The van der Waals surface area contributed by atoms with Gasteiger partial charge >= 0.3 is 6.03 Å². The molecule has 1 aromatic rings. The Morgan fingerprint density at radius 3 is 2.40 bits per heavy atom. The van der Waals surface area contributed by atoms with Crippen LogP contribution in [0.3, 0.4) is 0 Å². The Morgan fingerprint density at radius 2 is 1.80 bits per heavy atom. The van der Waals surface area contributed by atoms with E-state index in [1.807, 2.05) is 11.8 Å². The summed E-state index contributed by atoms with van der Waals surface area (Å²) in [7, 11) is 0. The number of carbonyl (C=O) groups excluding carboxylic acids is 1. The van der Waals surface area contributed by atoms with E-state index < -0.39 is 11.1 Å². The minimum absolute atomic E-state index is 0.0173. The van der Waals surface area contributed by atoms with Gasteiger partial charge in [0.25, 0.3) is 0 Å². The third-order valence-electron chi connectivity index (χ3n) is 7.16. The molecule has 1 saturated heterocycles. The zero-order chi connectivity index (χ0) is 17.4. The van der Waals surface area contributed by atoms with Crippen LogP contribution in [-0.2, 0) is 5.54 Å². The lowest BCUT2D eigenvalue weighted by Crippen LogP contribution is -2.62. The fourth-order valence-electron chi connectivity index (χ4n) is 6.45. The van der Waals surface area contributed by atoms with Gasteiger partial charge in [0, 0.05) is 12.6 Å².